The van der Waals surface area contributed by atoms with E-state index in [-0.39, 0.29) is 5.78 Å². The zero-order valence-electron chi connectivity index (χ0n) is 21.4. The first-order valence-corrected chi connectivity index (χ1v) is 12.7. The fourth-order valence-corrected chi connectivity index (χ4v) is 3.99. The smallest absolute Gasteiger partial charge is 0.256 e. The van der Waals surface area contributed by atoms with Gasteiger partial charge in [-0.3, -0.25) is 9.78 Å². The molecular formula is C29H38ClN2O2+. The largest absolute Gasteiger partial charge is 0.497 e. The number of carbonyl (C=O) groups excluding carboxylic acids is 1. The van der Waals surface area contributed by atoms with E-state index in [4.69, 9.17) is 16.3 Å². The monoisotopic (exact) mass is 481 g/mol. The molecule has 3 aromatic rings. The quantitative estimate of drug-likeness (QED) is 0.287. The summed E-state index contributed by atoms with van der Waals surface area (Å²) in [4.78, 5) is 18.1. The van der Waals surface area contributed by atoms with Gasteiger partial charge in [-0.15, -0.1) is 0 Å². The van der Waals surface area contributed by atoms with Crippen LogP contribution in [-0.4, -0.2) is 41.3 Å². The molecule has 1 aliphatic heterocycles. The second kappa shape index (κ2) is 13.9. The number of pyridine rings is 1. The summed E-state index contributed by atoms with van der Waals surface area (Å²) in [7, 11) is 1.65. The summed E-state index contributed by atoms with van der Waals surface area (Å²) >= 11 is 6.04. The average Bonchev–Trinajstić information content (AvgIpc) is 2.87. The van der Waals surface area contributed by atoms with Crippen LogP contribution >= 0.6 is 11.6 Å². The normalized spacial score (nSPS) is 14.9. The SMILES string of the molecule is CC.CCC.COc1ccc2nccc(C(C(=O)c3ccc(Cl)cc3)=[N+]3CCC(C)CC3)c2c1. The number of Topliss-reactive ketones (excluding diaryl/α,β-unsaturated/α-hetero) is 1. The van der Waals surface area contributed by atoms with Gasteiger partial charge in [0.05, 0.1) is 18.2 Å². The highest BCUT2D eigenvalue weighted by Crippen LogP contribution is 2.25. The van der Waals surface area contributed by atoms with Gasteiger partial charge in [0.25, 0.3) is 11.5 Å². The first kappa shape index (κ1) is 27.5. The lowest BCUT2D eigenvalue weighted by Crippen LogP contribution is -2.35. The van der Waals surface area contributed by atoms with E-state index in [1.165, 1.54) is 6.42 Å². The van der Waals surface area contributed by atoms with Crippen LogP contribution in [0.3, 0.4) is 0 Å². The third-order valence-electron chi connectivity index (χ3n) is 5.63. The molecule has 0 radical (unpaired) electrons. The maximum atomic E-state index is 13.7. The number of piperidine rings is 1. The first-order valence-electron chi connectivity index (χ1n) is 12.3. The molecule has 4 rings (SSSR count). The van der Waals surface area contributed by atoms with E-state index >= 15 is 0 Å². The third-order valence-corrected chi connectivity index (χ3v) is 5.88. The number of halogens is 1. The minimum Gasteiger partial charge on any atom is -0.497 e. The van der Waals surface area contributed by atoms with Crippen molar-refractivity contribution < 1.29 is 14.1 Å². The van der Waals surface area contributed by atoms with Gasteiger partial charge in [0.15, 0.2) is 0 Å². The van der Waals surface area contributed by atoms with Crippen molar-refractivity contribution in [2.24, 2.45) is 5.92 Å². The van der Waals surface area contributed by atoms with Crippen LogP contribution in [0.5, 0.6) is 5.75 Å². The molecule has 0 saturated carbocycles. The second-order valence-electron chi connectivity index (χ2n) is 8.30. The van der Waals surface area contributed by atoms with Crippen LogP contribution in [0.25, 0.3) is 10.9 Å². The van der Waals surface area contributed by atoms with Gasteiger partial charge in [-0.2, -0.15) is 0 Å². The van der Waals surface area contributed by atoms with E-state index in [2.05, 4.69) is 30.3 Å². The summed E-state index contributed by atoms with van der Waals surface area (Å²) in [5.41, 5.74) is 3.09. The Bertz CT molecular complexity index is 1100. The summed E-state index contributed by atoms with van der Waals surface area (Å²) in [6.45, 7) is 12.2. The zero-order chi connectivity index (χ0) is 25.1. The average molecular weight is 482 g/mol. The van der Waals surface area contributed by atoms with E-state index < -0.39 is 0 Å². The van der Waals surface area contributed by atoms with Crippen molar-refractivity contribution in [1.29, 1.82) is 0 Å². The topological polar surface area (TPSA) is 42.2 Å². The Kier molecular flexibility index (Phi) is 11.2. The summed E-state index contributed by atoms with van der Waals surface area (Å²) < 4.78 is 7.65. The van der Waals surface area contributed by atoms with Crippen molar-refractivity contribution in [2.45, 2.75) is 53.9 Å². The number of methoxy groups -OCH3 is 1. The molecule has 0 atom stereocenters. The molecule has 2 aromatic carbocycles. The number of rotatable bonds is 4. The van der Waals surface area contributed by atoms with Gasteiger partial charge in [-0.05, 0) is 54.4 Å². The highest BCUT2D eigenvalue weighted by Gasteiger charge is 2.31. The molecule has 182 valence electrons. The van der Waals surface area contributed by atoms with E-state index in [9.17, 15) is 4.79 Å². The number of hydrogen-bond acceptors (Lipinski definition) is 3. The second-order valence-corrected chi connectivity index (χ2v) is 8.74. The summed E-state index contributed by atoms with van der Waals surface area (Å²) in [6, 6.07) is 14.8. The predicted octanol–water partition coefficient (Wildman–Crippen LogP) is 7.45. The molecule has 1 fully saturated rings. The van der Waals surface area contributed by atoms with E-state index in [1.54, 1.807) is 37.6 Å². The molecule has 1 saturated heterocycles. The maximum absolute atomic E-state index is 13.7. The van der Waals surface area contributed by atoms with Gasteiger partial charge < -0.3 is 4.74 Å². The van der Waals surface area contributed by atoms with E-state index in [0.29, 0.717) is 16.5 Å². The third kappa shape index (κ3) is 6.89. The number of ketones is 1. The Morgan fingerprint density at radius 3 is 2.26 bits per heavy atom. The lowest BCUT2D eigenvalue weighted by atomic mass is 9.94. The highest BCUT2D eigenvalue weighted by molar-refractivity contribution is 6.51. The fraction of sp³-hybridized carbons (Fsp3) is 0.414. The predicted molar refractivity (Wildman–Crippen MR) is 144 cm³/mol. The van der Waals surface area contributed by atoms with Crippen molar-refractivity contribution in [3.63, 3.8) is 0 Å². The van der Waals surface area contributed by atoms with Gasteiger partial charge >= 0.3 is 0 Å². The molecule has 0 N–H and O–H groups in total. The van der Waals surface area contributed by atoms with E-state index in [1.807, 2.05) is 38.1 Å². The molecule has 1 aliphatic rings. The number of nitrogens with zero attached hydrogens (tertiary/aromatic N) is 2. The minimum atomic E-state index is 0.00606. The van der Waals surface area contributed by atoms with Gasteiger partial charge in [0.1, 0.15) is 18.8 Å². The maximum Gasteiger partial charge on any atom is 0.256 e. The molecule has 0 aliphatic carbocycles. The first-order chi connectivity index (χ1) is 16.5. The van der Waals surface area contributed by atoms with Gasteiger partial charge in [-0.1, -0.05) is 52.6 Å². The van der Waals surface area contributed by atoms with Crippen molar-refractivity contribution >= 4 is 34.0 Å². The Hall–Kier alpha value is -2.72. The van der Waals surface area contributed by atoms with Crippen LogP contribution < -0.4 is 4.74 Å². The summed E-state index contributed by atoms with van der Waals surface area (Å²) in [6.07, 6.45) is 5.17. The van der Waals surface area contributed by atoms with Crippen molar-refractivity contribution in [1.82, 2.24) is 4.98 Å². The number of benzene rings is 2. The fourth-order valence-electron chi connectivity index (χ4n) is 3.87. The van der Waals surface area contributed by atoms with Crippen molar-refractivity contribution in [2.75, 3.05) is 20.2 Å². The van der Waals surface area contributed by atoms with Crippen LogP contribution in [0.15, 0.2) is 54.7 Å². The number of aromatic nitrogens is 1. The van der Waals surface area contributed by atoms with Crippen LogP contribution in [0.2, 0.25) is 5.02 Å². The number of carbonyl (C=O) groups is 1. The molecular weight excluding hydrogens is 444 g/mol. The number of fused-ring (bicyclic) bond motifs is 1. The summed E-state index contributed by atoms with van der Waals surface area (Å²) in [5.74, 6) is 1.43. The molecule has 0 unspecified atom stereocenters. The number of hydrogen-bond donors (Lipinski definition) is 0. The van der Waals surface area contributed by atoms with Crippen LogP contribution in [0.4, 0.5) is 0 Å². The van der Waals surface area contributed by atoms with Gasteiger partial charge in [-0.25, -0.2) is 4.58 Å². The van der Waals surface area contributed by atoms with Crippen LogP contribution in [0.1, 0.15) is 69.8 Å². The van der Waals surface area contributed by atoms with Crippen molar-refractivity contribution in [3.8, 4) is 5.75 Å². The Balaban J connectivity index is 0.000000758. The number of ether oxygens (including phenoxy) is 1. The Labute approximate surface area is 209 Å². The molecule has 1 aromatic heterocycles. The lowest BCUT2D eigenvalue weighted by Gasteiger charge is -2.19. The summed E-state index contributed by atoms with van der Waals surface area (Å²) in [5, 5.41) is 1.54. The van der Waals surface area contributed by atoms with Crippen LogP contribution in [-0.2, 0) is 0 Å². The molecule has 5 heteroatoms. The molecule has 2 heterocycles. The van der Waals surface area contributed by atoms with E-state index in [0.717, 1.165) is 53.9 Å². The standard InChI is InChI=1S/C24H24ClN2O2.C3H8.C2H6/c1-16-10-13-27(14-11-16)23(24(28)17-3-5-18(25)6-4-17)20-9-12-26-22-8-7-19(29-2)15-21(20)22;1-3-2;1-2/h3-9,12,15-16H,10-11,13-14H2,1-2H3;3H2,1-2H3;1-2H3/q+1;;. The molecule has 0 amide bonds. The minimum absolute atomic E-state index is 0.00606. The molecule has 34 heavy (non-hydrogen) atoms. The Morgan fingerprint density at radius 1 is 1.06 bits per heavy atom. The van der Waals surface area contributed by atoms with Crippen LogP contribution in [0, 0.1) is 5.92 Å². The Morgan fingerprint density at radius 2 is 1.68 bits per heavy atom. The van der Waals surface area contributed by atoms with Crippen molar-refractivity contribution in [3.05, 3.63) is 70.9 Å². The lowest BCUT2D eigenvalue weighted by molar-refractivity contribution is -0.538. The molecule has 0 bridgehead atoms. The zero-order valence-corrected chi connectivity index (χ0v) is 22.2. The molecule has 0 spiro atoms. The van der Waals surface area contributed by atoms with Gasteiger partial charge in [0.2, 0.25) is 0 Å². The molecule has 4 nitrogen and oxygen atoms in total. The highest BCUT2D eigenvalue weighted by atomic mass is 35.5. The van der Waals surface area contributed by atoms with Gasteiger partial charge in [0, 0.05) is 35.0 Å².